The Labute approximate surface area is 202 Å². The number of nitrogens with zero attached hydrogens (tertiary/aromatic N) is 4. The Kier molecular flexibility index (Phi) is 6.08. The van der Waals surface area contributed by atoms with Crippen LogP contribution in [0.25, 0.3) is 0 Å². The van der Waals surface area contributed by atoms with Crippen LogP contribution in [0.4, 0.5) is 8.78 Å². The summed E-state index contributed by atoms with van der Waals surface area (Å²) in [5.41, 5.74) is 1.91. The molecular formula is C26H27F2N5O2. The van der Waals surface area contributed by atoms with E-state index in [9.17, 15) is 14.0 Å². The van der Waals surface area contributed by atoms with Gasteiger partial charge in [-0.25, -0.2) is 8.78 Å². The predicted octanol–water partition coefficient (Wildman–Crippen LogP) is 3.31. The number of likely N-dealkylation sites (tertiary alicyclic amines) is 1. The van der Waals surface area contributed by atoms with Crippen LogP contribution in [0.2, 0.25) is 0 Å². The lowest BCUT2D eigenvalue weighted by molar-refractivity contribution is -0.139. The highest BCUT2D eigenvalue weighted by Crippen LogP contribution is 2.48. The molecule has 0 radical (unpaired) electrons. The van der Waals surface area contributed by atoms with Crippen molar-refractivity contribution in [2.45, 2.75) is 56.4 Å². The van der Waals surface area contributed by atoms with E-state index in [1.807, 2.05) is 43.3 Å². The number of halogens is 2. The van der Waals surface area contributed by atoms with Crippen LogP contribution in [0.3, 0.4) is 0 Å². The van der Waals surface area contributed by atoms with Crippen molar-refractivity contribution in [2.24, 2.45) is 0 Å². The first-order chi connectivity index (χ1) is 16.8. The molecule has 1 aromatic heterocycles. The van der Waals surface area contributed by atoms with Gasteiger partial charge >= 0.3 is 0 Å². The number of nitrogens with one attached hydrogen (secondary N) is 1. The molecule has 1 N–H and O–H groups in total. The summed E-state index contributed by atoms with van der Waals surface area (Å²) in [6.07, 6.45) is 3.29. The van der Waals surface area contributed by atoms with E-state index in [0.29, 0.717) is 11.1 Å². The fourth-order valence-electron chi connectivity index (χ4n) is 4.76. The Balaban J connectivity index is 1.39. The molecule has 3 atom stereocenters. The van der Waals surface area contributed by atoms with Gasteiger partial charge in [-0.15, -0.1) is 10.2 Å². The summed E-state index contributed by atoms with van der Waals surface area (Å²) in [5.74, 6) is -1.17. The monoisotopic (exact) mass is 479 g/mol. The molecule has 182 valence electrons. The van der Waals surface area contributed by atoms with E-state index in [1.54, 1.807) is 6.07 Å². The highest BCUT2D eigenvalue weighted by atomic mass is 19.1. The highest BCUT2D eigenvalue weighted by Gasteiger charge is 2.42. The fraction of sp³-hybridized carbons (Fsp3) is 0.385. The van der Waals surface area contributed by atoms with Crippen molar-refractivity contribution in [3.05, 3.63) is 83.7 Å². The minimum Gasteiger partial charge on any atom is -0.343 e. The molecule has 2 aromatic carbocycles. The number of rotatable bonds is 7. The van der Waals surface area contributed by atoms with Gasteiger partial charge in [-0.2, -0.15) is 0 Å². The Hall–Kier alpha value is -3.62. The van der Waals surface area contributed by atoms with Gasteiger partial charge in [0, 0.05) is 6.42 Å². The summed E-state index contributed by atoms with van der Waals surface area (Å²) in [6, 6.07) is 12.7. The number of hydrogen-bond acceptors (Lipinski definition) is 4. The van der Waals surface area contributed by atoms with E-state index in [-0.39, 0.29) is 30.7 Å². The van der Waals surface area contributed by atoms with Gasteiger partial charge in [-0.3, -0.25) is 9.59 Å². The number of alkyl halides is 1. The minimum absolute atomic E-state index is 0.0863. The molecule has 9 heteroatoms. The predicted molar refractivity (Wildman–Crippen MR) is 124 cm³/mol. The maximum absolute atomic E-state index is 15.1. The summed E-state index contributed by atoms with van der Waals surface area (Å²) < 4.78 is 30.9. The van der Waals surface area contributed by atoms with Gasteiger partial charge in [0.1, 0.15) is 37.2 Å². The summed E-state index contributed by atoms with van der Waals surface area (Å²) in [5, 5.41) is 10.3. The second-order valence-electron chi connectivity index (χ2n) is 9.68. The molecule has 0 unspecified atom stereocenters. The second kappa shape index (κ2) is 9.20. The highest BCUT2D eigenvalue weighted by molar-refractivity contribution is 5.88. The van der Waals surface area contributed by atoms with Crippen LogP contribution in [0.15, 0.2) is 61.2 Å². The molecule has 5 rings (SSSR count). The zero-order chi connectivity index (χ0) is 24.6. The first-order valence-electron chi connectivity index (χ1n) is 11.8. The number of aromatic nitrogens is 3. The van der Waals surface area contributed by atoms with Crippen molar-refractivity contribution >= 4 is 11.8 Å². The number of carbonyl (C=O) groups excluding carboxylic acids is 2. The van der Waals surface area contributed by atoms with Crippen LogP contribution in [-0.2, 0) is 21.5 Å². The summed E-state index contributed by atoms with van der Waals surface area (Å²) in [4.78, 5) is 27.5. The van der Waals surface area contributed by atoms with Crippen LogP contribution in [-0.4, -0.2) is 50.2 Å². The fourth-order valence-corrected chi connectivity index (χ4v) is 4.76. The molecule has 7 nitrogen and oxygen atoms in total. The van der Waals surface area contributed by atoms with Crippen LogP contribution < -0.4 is 5.32 Å². The van der Waals surface area contributed by atoms with Crippen molar-refractivity contribution in [3.63, 3.8) is 0 Å². The van der Waals surface area contributed by atoms with E-state index >= 15 is 4.39 Å². The number of amides is 2. The van der Waals surface area contributed by atoms with E-state index in [4.69, 9.17) is 0 Å². The van der Waals surface area contributed by atoms with Gasteiger partial charge < -0.3 is 14.8 Å². The topological polar surface area (TPSA) is 80.1 Å². The minimum atomic E-state index is -1.30. The Morgan fingerprint density at radius 3 is 2.49 bits per heavy atom. The van der Waals surface area contributed by atoms with Crippen molar-refractivity contribution in [1.29, 1.82) is 0 Å². The molecule has 2 aliphatic rings. The molecular weight excluding hydrogens is 452 g/mol. The van der Waals surface area contributed by atoms with Gasteiger partial charge in [0.25, 0.3) is 0 Å². The Bertz CT molecular complexity index is 1210. The lowest BCUT2D eigenvalue weighted by Crippen LogP contribution is -2.47. The molecule has 2 amide bonds. The van der Waals surface area contributed by atoms with Crippen molar-refractivity contribution in [3.8, 4) is 0 Å². The Morgan fingerprint density at radius 1 is 1.11 bits per heavy atom. The third-order valence-electron chi connectivity index (χ3n) is 7.05. The average Bonchev–Trinajstić information content (AvgIpc) is 3.21. The number of hydrogen-bond donors (Lipinski definition) is 1. The van der Waals surface area contributed by atoms with Crippen LogP contribution >= 0.6 is 0 Å². The molecule has 1 aliphatic carbocycles. The lowest BCUT2D eigenvalue weighted by atomic mass is 9.92. The quantitative estimate of drug-likeness (QED) is 0.564. The third kappa shape index (κ3) is 4.80. The molecule has 1 saturated heterocycles. The molecule has 0 bridgehead atoms. The summed E-state index contributed by atoms with van der Waals surface area (Å²) in [6.45, 7) is 1.80. The normalized spacial score (nSPS) is 21.5. The van der Waals surface area contributed by atoms with Crippen molar-refractivity contribution < 1.29 is 18.4 Å². The van der Waals surface area contributed by atoms with E-state index in [2.05, 4.69) is 15.5 Å². The largest absolute Gasteiger partial charge is 0.343 e. The summed E-state index contributed by atoms with van der Waals surface area (Å²) in [7, 11) is 0. The van der Waals surface area contributed by atoms with Crippen molar-refractivity contribution in [1.82, 2.24) is 25.0 Å². The van der Waals surface area contributed by atoms with E-state index in [1.165, 1.54) is 28.2 Å². The molecule has 3 aromatic rings. The van der Waals surface area contributed by atoms with E-state index < -0.39 is 30.1 Å². The molecule has 1 saturated carbocycles. The maximum atomic E-state index is 15.1. The standard InChI is InChI=1S/C26H27F2N5O2/c1-26(9-10-26)20-8-7-18(11-21(20)28)24(17-5-3-2-4-6-17)31-25(35)22-12-19(27)13-33(22)23(34)14-32-15-29-30-16-32/h2-8,11,15-16,19,22,24H,9-10,12-14H2,1H3,(H,31,35)/t19-,22+,24+/m1/s1. The summed E-state index contributed by atoms with van der Waals surface area (Å²) >= 11 is 0. The van der Waals surface area contributed by atoms with Gasteiger partial charge in [0.2, 0.25) is 11.8 Å². The molecule has 1 aliphatic heterocycles. The lowest BCUT2D eigenvalue weighted by Gasteiger charge is -2.27. The van der Waals surface area contributed by atoms with Gasteiger partial charge in [0.15, 0.2) is 0 Å². The molecule has 2 fully saturated rings. The van der Waals surface area contributed by atoms with Crippen LogP contribution in [0.5, 0.6) is 0 Å². The first kappa shape index (κ1) is 23.1. The Morgan fingerprint density at radius 2 is 1.83 bits per heavy atom. The zero-order valence-electron chi connectivity index (χ0n) is 19.4. The smallest absolute Gasteiger partial charge is 0.243 e. The molecule has 0 spiro atoms. The van der Waals surface area contributed by atoms with Crippen molar-refractivity contribution in [2.75, 3.05) is 6.54 Å². The zero-order valence-corrected chi connectivity index (χ0v) is 19.4. The van der Waals surface area contributed by atoms with Crippen LogP contribution in [0, 0.1) is 5.82 Å². The van der Waals surface area contributed by atoms with Crippen LogP contribution in [0.1, 0.15) is 48.9 Å². The second-order valence-corrected chi connectivity index (χ2v) is 9.68. The number of carbonyl (C=O) groups is 2. The van der Waals surface area contributed by atoms with E-state index in [0.717, 1.165) is 18.4 Å². The maximum Gasteiger partial charge on any atom is 0.243 e. The molecule has 2 heterocycles. The average molecular weight is 480 g/mol. The van der Waals surface area contributed by atoms with Gasteiger partial charge in [-0.05, 0) is 41.0 Å². The number of benzene rings is 2. The molecule has 35 heavy (non-hydrogen) atoms. The van der Waals surface area contributed by atoms with Gasteiger partial charge in [0.05, 0.1) is 12.6 Å². The third-order valence-corrected chi connectivity index (χ3v) is 7.05. The van der Waals surface area contributed by atoms with Gasteiger partial charge in [-0.1, -0.05) is 49.4 Å². The SMILES string of the molecule is CC1(c2ccc([C@@H](NC(=O)[C@@H]3C[C@@H](F)CN3C(=O)Cn3cnnc3)c3ccccc3)cc2F)CC1. The first-order valence-corrected chi connectivity index (χ1v) is 11.8.